The summed E-state index contributed by atoms with van der Waals surface area (Å²) in [5.41, 5.74) is 2.57. The van der Waals surface area contributed by atoms with Crippen LogP contribution in [-0.4, -0.2) is 75.8 Å². The van der Waals surface area contributed by atoms with E-state index in [2.05, 4.69) is 20.6 Å². The normalized spacial score (nSPS) is 18.8. The smallest absolute Gasteiger partial charge is 0.224 e. The van der Waals surface area contributed by atoms with E-state index < -0.39 is 15.6 Å². The van der Waals surface area contributed by atoms with Crippen molar-refractivity contribution < 1.29 is 13.5 Å². The van der Waals surface area contributed by atoms with Gasteiger partial charge in [0, 0.05) is 32.9 Å². The Morgan fingerprint density at radius 2 is 1.92 bits per heavy atom. The van der Waals surface area contributed by atoms with Crippen LogP contribution in [0.1, 0.15) is 44.5 Å². The Hall–Kier alpha value is -2.41. The summed E-state index contributed by atoms with van der Waals surface area (Å²) in [6, 6.07) is 2.10. The van der Waals surface area contributed by atoms with Gasteiger partial charge >= 0.3 is 0 Å². The van der Waals surface area contributed by atoms with Gasteiger partial charge in [0.25, 0.3) is 0 Å². The molecule has 3 aromatic heterocycles. The number of nitrogens with zero attached hydrogens (tertiary/aromatic N) is 5. The van der Waals surface area contributed by atoms with Crippen LogP contribution in [0.25, 0.3) is 20.8 Å². The van der Waals surface area contributed by atoms with Crippen molar-refractivity contribution in [2.75, 3.05) is 37.0 Å². The van der Waals surface area contributed by atoms with Crippen molar-refractivity contribution in [2.24, 2.45) is 5.92 Å². The first-order valence-electron chi connectivity index (χ1n) is 12.1. The van der Waals surface area contributed by atoms with Crippen LogP contribution in [-0.2, 0) is 10.0 Å². The third kappa shape index (κ3) is 5.77. The minimum Gasteiger partial charge on any atom is -0.390 e. The quantitative estimate of drug-likeness (QED) is 0.378. The molecule has 0 aromatic carbocycles. The summed E-state index contributed by atoms with van der Waals surface area (Å²) in [5, 5.41) is 18.0. The average molecular weight is 534 g/mol. The van der Waals surface area contributed by atoms with Crippen molar-refractivity contribution >= 4 is 43.3 Å². The minimum atomic E-state index is -3.34. The number of rotatable bonds is 9. The molecule has 0 radical (unpaired) electrons. The molecule has 36 heavy (non-hydrogen) atoms. The molecule has 3 N–H and O–H groups in total. The van der Waals surface area contributed by atoms with Gasteiger partial charge < -0.3 is 15.7 Å². The fraction of sp³-hybridized carbons (Fsp3) is 0.583. The van der Waals surface area contributed by atoms with E-state index >= 15 is 0 Å². The summed E-state index contributed by atoms with van der Waals surface area (Å²) in [6.07, 6.45) is 4.47. The largest absolute Gasteiger partial charge is 0.390 e. The number of pyridine rings is 1. The van der Waals surface area contributed by atoms with Crippen LogP contribution in [0.5, 0.6) is 0 Å². The van der Waals surface area contributed by atoms with Gasteiger partial charge in [0.2, 0.25) is 16.0 Å². The maximum atomic E-state index is 12.1. The lowest BCUT2D eigenvalue weighted by molar-refractivity contribution is 0.0197. The van der Waals surface area contributed by atoms with Gasteiger partial charge in [0.15, 0.2) is 0 Å². The minimum absolute atomic E-state index is 0.0625. The number of aromatic nitrogens is 4. The van der Waals surface area contributed by atoms with Gasteiger partial charge in [0.1, 0.15) is 16.3 Å². The molecule has 0 unspecified atom stereocenters. The molecule has 1 aliphatic carbocycles. The van der Waals surface area contributed by atoms with Gasteiger partial charge in [-0.1, -0.05) is 0 Å². The monoisotopic (exact) mass is 533 g/mol. The van der Waals surface area contributed by atoms with Gasteiger partial charge in [-0.15, -0.1) is 11.3 Å². The van der Waals surface area contributed by atoms with E-state index in [1.54, 1.807) is 17.5 Å². The number of anilines is 2. The highest BCUT2D eigenvalue weighted by molar-refractivity contribution is 7.89. The standard InChI is InChI=1S/C24H35N7O3S2/c1-14-19(22-29-20-15(2)25-10-9-18(20)35-22)21(28-17-8-7-16(13-17)24(3,4)32)30-23(27-14)26-11-12-36(33,34)31(5)6/h9-10,16-17,32H,7-8,11-13H2,1-6H3,(H2,26,27,28,30)/t16-,17+/m1/s1. The van der Waals surface area contributed by atoms with Crippen LogP contribution in [0.2, 0.25) is 0 Å². The second-order valence-corrected chi connectivity index (χ2v) is 13.5. The lowest BCUT2D eigenvalue weighted by Crippen LogP contribution is -2.30. The molecule has 1 fully saturated rings. The molecule has 3 aromatic rings. The zero-order chi connectivity index (χ0) is 26.3. The van der Waals surface area contributed by atoms with Gasteiger partial charge in [-0.25, -0.2) is 22.7 Å². The predicted molar refractivity (Wildman–Crippen MR) is 145 cm³/mol. The Balaban J connectivity index is 1.67. The maximum absolute atomic E-state index is 12.1. The first-order valence-corrected chi connectivity index (χ1v) is 14.5. The van der Waals surface area contributed by atoms with E-state index in [-0.39, 0.29) is 24.3 Å². The second kappa shape index (κ2) is 10.2. The van der Waals surface area contributed by atoms with Crippen molar-refractivity contribution in [3.8, 4) is 10.6 Å². The molecule has 1 aliphatic rings. The molecule has 0 bridgehead atoms. The van der Waals surface area contributed by atoms with E-state index in [1.165, 1.54) is 18.4 Å². The molecule has 0 aliphatic heterocycles. The van der Waals surface area contributed by atoms with Crippen LogP contribution >= 0.6 is 11.3 Å². The Morgan fingerprint density at radius 1 is 1.17 bits per heavy atom. The number of aryl methyl sites for hydroxylation is 2. The molecule has 10 nitrogen and oxygen atoms in total. The highest BCUT2D eigenvalue weighted by Crippen LogP contribution is 2.39. The number of sulfonamides is 1. The third-order valence-electron chi connectivity index (χ3n) is 6.77. The van der Waals surface area contributed by atoms with Crippen LogP contribution in [0.4, 0.5) is 11.8 Å². The first-order chi connectivity index (χ1) is 16.8. The Kier molecular flexibility index (Phi) is 7.52. The molecule has 0 amide bonds. The van der Waals surface area contributed by atoms with E-state index in [9.17, 15) is 13.5 Å². The van der Waals surface area contributed by atoms with Gasteiger partial charge in [0.05, 0.1) is 33.0 Å². The zero-order valence-corrected chi connectivity index (χ0v) is 23.3. The van der Waals surface area contributed by atoms with Gasteiger partial charge in [-0.05, 0) is 58.9 Å². The Labute approximate surface area is 216 Å². The summed E-state index contributed by atoms with van der Waals surface area (Å²) >= 11 is 1.57. The second-order valence-electron chi connectivity index (χ2n) is 10.1. The molecule has 3 heterocycles. The van der Waals surface area contributed by atoms with Crippen LogP contribution in [0, 0.1) is 19.8 Å². The predicted octanol–water partition coefficient (Wildman–Crippen LogP) is 3.42. The maximum Gasteiger partial charge on any atom is 0.224 e. The first kappa shape index (κ1) is 26.6. The number of hydrogen-bond donors (Lipinski definition) is 3. The molecule has 0 spiro atoms. The van der Waals surface area contributed by atoms with Crippen molar-refractivity contribution in [3.05, 3.63) is 23.7 Å². The third-order valence-corrected chi connectivity index (χ3v) is 9.64. The van der Waals surface area contributed by atoms with Crippen LogP contribution < -0.4 is 10.6 Å². The van der Waals surface area contributed by atoms with E-state index in [0.717, 1.165) is 51.4 Å². The molecule has 196 valence electrons. The molecular weight excluding hydrogens is 498 g/mol. The summed E-state index contributed by atoms with van der Waals surface area (Å²) in [7, 11) is -0.299. The highest BCUT2D eigenvalue weighted by Gasteiger charge is 2.35. The number of fused-ring (bicyclic) bond motifs is 1. The van der Waals surface area contributed by atoms with Crippen molar-refractivity contribution in [3.63, 3.8) is 0 Å². The fourth-order valence-corrected chi connectivity index (χ4v) is 6.36. The molecular formula is C24H35N7O3S2. The molecule has 12 heteroatoms. The molecule has 0 saturated heterocycles. The van der Waals surface area contributed by atoms with E-state index in [0.29, 0.717) is 11.8 Å². The Morgan fingerprint density at radius 3 is 2.56 bits per heavy atom. The summed E-state index contributed by atoms with van der Waals surface area (Å²) in [5.74, 6) is 1.16. The van der Waals surface area contributed by atoms with Gasteiger partial charge in [-0.2, -0.15) is 4.98 Å². The Bertz CT molecular complexity index is 1350. The SMILES string of the molecule is Cc1nc(NCCS(=O)(=O)N(C)C)nc(N[C@H]2CC[C@@H](C(C)(C)O)C2)c1-c1nc2c(C)nccc2s1. The number of nitrogens with one attached hydrogen (secondary N) is 2. The number of thiazole rings is 1. The molecule has 2 atom stereocenters. The summed E-state index contributed by atoms with van der Waals surface area (Å²) in [6.45, 7) is 7.77. The zero-order valence-electron chi connectivity index (χ0n) is 21.7. The average Bonchev–Trinajstić information content (AvgIpc) is 3.41. The van der Waals surface area contributed by atoms with Crippen molar-refractivity contribution in [2.45, 2.75) is 58.6 Å². The van der Waals surface area contributed by atoms with Crippen molar-refractivity contribution in [1.82, 2.24) is 24.2 Å². The highest BCUT2D eigenvalue weighted by atomic mass is 32.2. The fourth-order valence-electron chi connectivity index (χ4n) is 4.52. The number of hydrogen-bond acceptors (Lipinski definition) is 10. The van der Waals surface area contributed by atoms with Crippen LogP contribution in [0.15, 0.2) is 12.3 Å². The lowest BCUT2D eigenvalue weighted by Gasteiger charge is -2.25. The molecule has 1 saturated carbocycles. The van der Waals surface area contributed by atoms with E-state index in [1.807, 2.05) is 33.8 Å². The summed E-state index contributed by atoms with van der Waals surface area (Å²) < 4.78 is 26.5. The molecule has 4 rings (SSSR count). The summed E-state index contributed by atoms with van der Waals surface area (Å²) in [4.78, 5) is 18.6. The van der Waals surface area contributed by atoms with Crippen molar-refractivity contribution in [1.29, 1.82) is 0 Å². The topological polar surface area (TPSA) is 133 Å². The van der Waals surface area contributed by atoms with Crippen LogP contribution in [0.3, 0.4) is 0 Å². The number of aliphatic hydroxyl groups is 1. The lowest BCUT2D eigenvalue weighted by atomic mass is 9.89. The van der Waals surface area contributed by atoms with Gasteiger partial charge in [-0.3, -0.25) is 4.98 Å². The van der Waals surface area contributed by atoms with E-state index in [4.69, 9.17) is 9.97 Å².